The second kappa shape index (κ2) is 3.25. The molecular weight excluding hydrogens is 162 g/mol. The van der Waals surface area contributed by atoms with E-state index in [1.807, 2.05) is 0 Å². The lowest BCUT2D eigenvalue weighted by atomic mass is 9.68. The normalized spacial score (nSPS) is 30.0. The Morgan fingerprint density at radius 2 is 1.92 bits per heavy atom. The van der Waals surface area contributed by atoms with Gasteiger partial charge in [-0.2, -0.15) is 0 Å². The zero-order valence-corrected chi connectivity index (χ0v) is 8.86. The van der Waals surface area contributed by atoms with Gasteiger partial charge in [-0.05, 0) is 25.7 Å². The Kier molecular flexibility index (Phi) is 2.37. The van der Waals surface area contributed by atoms with Crippen molar-refractivity contribution in [3.05, 3.63) is 0 Å². The lowest BCUT2D eigenvalue weighted by Crippen LogP contribution is -2.60. The van der Waals surface area contributed by atoms with Crippen LogP contribution in [0.25, 0.3) is 0 Å². The van der Waals surface area contributed by atoms with Crippen LogP contribution in [-0.2, 0) is 4.74 Å². The molecule has 0 radical (unpaired) electrons. The fraction of sp³-hybridized carbons (Fsp3) is 1.00. The monoisotopic (exact) mass is 183 g/mol. The van der Waals surface area contributed by atoms with Crippen LogP contribution >= 0.6 is 0 Å². The predicted molar refractivity (Wildman–Crippen MR) is 53.6 cm³/mol. The van der Waals surface area contributed by atoms with Crippen LogP contribution in [0.5, 0.6) is 0 Å². The predicted octanol–water partition coefficient (Wildman–Crippen LogP) is 2.29. The first kappa shape index (κ1) is 9.47. The van der Waals surface area contributed by atoms with Crippen molar-refractivity contribution < 1.29 is 4.74 Å². The Morgan fingerprint density at radius 1 is 1.23 bits per heavy atom. The van der Waals surface area contributed by atoms with Gasteiger partial charge in [0, 0.05) is 12.0 Å². The van der Waals surface area contributed by atoms with Gasteiger partial charge < -0.3 is 4.74 Å². The highest BCUT2D eigenvalue weighted by Crippen LogP contribution is 2.44. The van der Waals surface area contributed by atoms with E-state index in [4.69, 9.17) is 4.74 Å². The zero-order chi connectivity index (χ0) is 9.36. The maximum absolute atomic E-state index is 6.01. The number of hydrogen-bond acceptors (Lipinski definition) is 2. The quantitative estimate of drug-likeness (QED) is 0.709. The summed E-state index contributed by atoms with van der Waals surface area (Å²) in [5.41, 5.74) is 0.523. The summed E-state index contributed by atoms with van der Waals surface area (Å²) >= 11 is 0. The summed E-state index contributed by atoms with van der Waals surface area (Å²) in [6.45, 7) is 6.57. The number of ether oxygens (including phenoxy) is 1. The lowest BCUT2D eigenvalue weighted by molar-refractivity contribution is -0.168. The minimum atomic E-state index is 0.000833. The molecule has 2 rings (SSSR count). The average molecular weight is 183 g/mol. The van der Waals surface area contributed by atoms with Crippen molar-refractivity contribution in [3.63, 3.8) is 0 Å². The Bertz CT molecular complexity index is 171. The van der Waals surface area contributed by atoms with Gasteiger partial charge in [-0.3, -0.25) is 5.32 Å². The van der Waals surface area contributed by atoms with Crippen LogP contribution in [0.4, 0.5) is 0 Å². The van der Waals surface area contributed by atoms with E-state index >= 15 is 0 Å². The van der Waals surface area contributed by atoms with E-state index in [1.165, 1.54) is 25.8 Å². The lowest BCUT2D eigenvalue weighted by Gasteiger charge is -2.51. The molecular formula is C11H21NO. The van der Waals surface area contributed by atoms with Crippen molar-refractivity contribution in [2.24, 2.45) is 5.41 Å². The minimum Gasteiger partial charge on any atom is -0.360 e. The smallest absolute Gasteiger partial charge is 0.118 e. The molecule has 0 aromatic carbocycles. The average Bonchev–Trinajstić information content (AvgIpc) is 2.16. The maximum Gasteiger partial charge on any atom is 0.118 e. The Balaban J connectivity index is 1.94. The maximum atomic E-state index is 6.01. The highest BCUT2D eigenvalue weighted by molar-refractivity contribution is 4.95. The van der Waals surface area contributed by atoms with Gasteiger partial charge >= 0.3 is 0 Å². The van der Waals surface area contributed by atoms with Gasteiger partial charge in [-0.25, -0.2) is 0 Å². The van der Waals surface area contributed by atoms with Gasteiger partial charge in [-0.15, -0.1) is 0 Å². The third-order valence-electron chi connectivity index (χ3n) is 4.00. The van der Waals surface area contributed by atoms with Crippen molar-refractivity contribution in [2.75, 3.05) is 13.2 Å². The third kappa shape index (κ3) is 1.50. The molecule has 0 aromatic rings. The van der Waals surface area contributed by atoms with E-state index in [0.717, 1.165) is 19.4 Å². The molecule has 2 heteroatoms. The molecule has 1 saturated carbocycles. The molecule has 1 N–H and O–H groups in total. The molecule has 76 valence electrons. The first-order valence-corrected chi connectivity index (χ1v) is 5.63. The second-order valence-corrected chi connectivity index (χ2v) is 4.70. The van der Waals surface area contributed by atoms with Gasteiger partial charge in [0.15, 0.2) is 0 Å². The van der Waals surface area contributed by atoms with Crippen molar-refractivity contribution in [3.8, 4) is 0 Å². The molecule has 0 bridgehead atoms. The van der Waals surface area contributed by atoms with Gasteiger partial charge in [0.1, 0.15) is 5.72 Å². The van der Waals surface area contributed by atoms with Gasteiger partial charge in [0.25, 0.3) is 0 Å². The summed E-state index contributed by atoms with van der Waals surface area (Å²) in [5, 5.41) is 3.60. The van der Waals surface area contributed by atoms with Crippen LogP contribution in [0.1, 0.15) is 46.0 Å². The van der Waals surface area contributed by atoms with Crippen molar-refractivity contribution >= 4 is 0 Å². The summed E-state index contributed by atoms with van der Waals surface area (Å²) in [6, 6.07) is 0. The van der Waals surface area contributed by atoms with Gasteiger partial charge in [-0.1, -0.05) is 20.3 Å². The molecule has 1 saturated heterocycles. The second-order valence-electron chi connectivity index (χ2n) is 4.70. The van der Waals surface area contributed by atoms with Crippen LogP contribution in [0.15, 0.2) is 0 Å². The van der Waals surface area contributed by atoms with Crippen LogP contribution in [0, 0.1) is 5.41 Å². The Labute approximate surface area is 81.0 Å². The molecule has 1 aliphatic carbocycles. The van der Waals surface area contributed by atoms with E-state index < -0.39 is 0 Å². The highest BCUT2D eigenvalue weighted by atomic mass is 16.5. The van der Waals surface area contributed by atoms with Crippen molar-refractivity contribution in [1.82, 2.24) is 5.32 Å². The number of rotatable bonds is 2. The van der Waals surface area contributed by atoms with Gasteiger partial charge in [0.05, 0.1) is 6.61 Å². The topological polar surface area (TPSA) is 21.3 Å². The SMILES string of the molecule is CCC1(CC)NCC2(CCC2)CO1. The van der Waals surface area contributed by atoms with E-state index in [-0.39, 0.29) is 5.72 Å². The summed E-state index contributed by atoms with van der Waals surface area (Å²) in [4.78, 5) is 0. The first-order chi connectivity index (χ1) is 6.24. The minimum absolute atomic E-state index is 0.000833. The molecule has 2 fully saturated rings. The molecule has 1 spiro atoms. The molecule has 0 unspecified atom stereocenters. The van der Waals surface area contributed by atoms with Crippen LogP contribution in [0.2, 0.25) is 0 Å². The third-order valence-corrected chi connectivity index (χ3v) is 4.00. The van der Waals surface area contributed by atoms with E-state index in [2.05, 4.69) is 19.2 Å². The molecule has 13 heavy (non-hydrogen) atoms. The number of hydrogen-bond donors (Lipinski definition) is 1. The molecule has 2 aliphatic rings. The highest BCUT2D eigenvalue weighted by Gasteiger charge is 2.44. The summed E-state index contributed by atoms with van der Waals surface area (Å²) in [7, 11) is 0. The van der Waals surface area contributed by atoms with E-state index in [1.54, 1.807) is 0 Å². The summed E-state index contributed by atoms with van der Waals surface area (Å²) in [6.07, 6.45) is 6.29. The van der Waals surface area contributed by atoms with Crippen LogP contribution in [0.3, 0.4) is 0 Å². The molecule has 0 aromatic heterocycles. The van der Waals surface area contributed by atoms with Crippen molar-refractivity contribution in [1.29, 1.82) is 0 Å². The standard InChI is InChI=1S/C11H21NO/c1-3-11(4-2)12-8-10(9-13-11)6-5-7-10/h12H,3-9H2,1-2H3. The fourth-order valence-corrected chi connectivity index (χ4v) is 2.44. The largest absolute Gasteiger partial charge is 0.360 e. The number of nitrogens with one attached hydrogen (secondary N) is 1. The zero-order valence-electron chi connectivity index (χ0n) is 8.86. The Hall–Kier alpha value is -0.0800. The van der Waals surface area contributed by atoms with Crippen molar-refractivity contribution in [2.45, 2.75) is 51.7 Å². The molecule has 1 heterocycles. The van der Waals surface area contributed by atoms with E-state index in [9.17, 15) is 0 Å². The van der Waals surface area contributed by atoms with Crippen LogP contribution < -0.4 is 5.32 Å². The summed E-state index contributed by atoms with van der Waals surface area (Å²) < 4.78 is 6.01. The first-order valence-electron chi connectivity index (χ1n) is 5.63. The molecule has 1 aliphatic heterocycles. The van der Waals surface area contributed by atoms with E-state index in [0.29, 0.717) is 5.41 Å². The molecule has 0 amide bonds. The van der Waals surface area contributed by atoms with Crippen LogP contribution in [-0.4, -0.2) is 18.9 Å². The summed E-state index contributed by atoms with van der Waals surface area (Å²) in [5.74, 6) is 0. The van der Waals surface area contributed by atoms with Gasteiger partial charge in [0.2, 0.25) is 0 Å². The fourth-order valence-electron chi connectivity index (χ4n) is 2.44. The Morgan fingerprint density at radius 3 is 2.23 bits per heavy atom. The molecule has 2 nitrogen and oxygen atoms in total. The molecule has 0 atom stereocenters.